The average Bonchev–Trinajstić information content (AvgIpc) is 3.07. The number of rotatable bonds is 3. The smallest absolute Gasteiger partial charge is 0.224 e. The lowest BCUT2D eigenvalue weighted by Gasteiger charge is -2.12. The van der Waals surface area contributed by atoms with Crippen LogP contribution in [0.1, 0.15) is 17.7 Å². The highest BCUT2D eigenvalue weighted by Crippen LogP contribution is 2.30. The molecule has 0 radical (unpaired) electrons. The van der Waals surface area contributed by atoms with Gasteiger partial charge in [-0.15, -0.1) is 0 Å². The van der Waals surface area contributed by atoms with E-state index in [0.717, 1.165) is 33.1 Å². The van der Waals surface area contributed by atoms with Crippen LogP contribution < -0.4 is 16.2 Å². The Bertz CT molecular complexity index is 1210. The number of nitrogen functional groups attached to an aromatic ring is 1. The highest BCUT2D eigenvalue weighted by molar-refractivity contribution is 7.99. The van der Waals surface area contributed by atoms with Gasteiger partial charge in [0.05, 0.1) is 29.4 Å². The quantitative estimate of drug-likeness (QED) is 0.685. The van der Waals surface area contributed by atoms with Gasteiger partial charge < -0.3 is 14.9 Å². The number of fused-ring (bicyclic) bond motifs is 2. The second kappa shape index (κ2) is 8.41. The molecule has 8 heteroatoms. The summed E-state index contributed by atoms with van der Waals surface area (Å²) in [7, 11) is 0. The van der Waals surface area contributed by atoms with E-state index in [1.807, 2.05) is 37.3 Å². The summed E-state index contributed by atoms with van der Waals surface area (Å²) in [5, 5.41) is 2.65. The molecule has 3 aromatic rings. The Hall–Kier alpha value is -2.61. The van der Waals surface area contributed by atoms with E-state index in [4.69, 9.17) is 26.5 Å². The van der Waals surface area contributed by atoms with E-state index in [0.29, 0.717) is 34.8 Å². The lowest BCUT2D eigenvalue weighted by Crippen LogP contribution is -2.31. The molecule has 0 saturated carbocycles. The number of benzene rings is 1. The zero-order valence-corrected chi connectivity index (χ0v) is 17.4. The van der Waals surface area contributed by atoms with E-state index in [1.54, 1.807) is 6.26 Å². The topological polar surface area (TPSA) is 87.1 Å². The number of anilines is 1. The monoisotopic (exact) mass is 426 g/mol. The summed E-state index contributed by atoms with van der Waals surface area (Å²) in [6.45, 7) is 7.22. The molecular weight excluding hydrogens is 408 g/mol. The molecule has 2 aromatic heterocycles. The van der Waals surface area contributed by atoms with Crippen molar-refractivity contribution in [3.05, 3.63) is 57.3 Å². The van der Waals surface area contributed by atoms with Crippen molar-refractivity contribution >= 4 is 42.0 Å². The number of aromatic nitrogens is 3. The summed E-state index contributed by atoms with van der Waals surface area (Å²) in [5.74, 6) is 1.31. The van der Waals surface area contributed by atoms with Crippen molar-refractivity contribution in [2.45, 2.75) is 30.0 Å². The van der Waals surface area contributed by atoms with Crippen LogP contribution in [-0.4, -0.2) is 21.6 Å². The minimum absolute atomic E-state index is 0.121. The fourth-order valence-corrected chi connectivity index (χ4v) is 4.11. The van der Waals surface area contributed by atoms with Crippen molar-refractivity contribution < 1.29 is 9.15 Å². The SMILES string of the molecule is C=c1c2cc(Cl)c(-c3nc(N)nc(Sc4ccoc4C)n3)/c1=C/C=C\CCOC2. The number of allylic oxidation sites excluding steroid dienone is 1. The first-order chi connectivity index (χ1) is 14.0. The molecule has 0 spiro atoms. The Morgan fingerprint density at radius 1 is 1.28 bits per heavy atom. The lowest BCUT2D eigenvalue weighted by molar-refractivity contribution is 0.125. The number of aryl methyl sites for hydroxylation is 1. The molecule has 148 valence electrons. The molecule has 0 aliphatic carbocycles. The maximum Gasteiger partial charge on any atom is 0.224 e. The van der Waals surface area contributed by atoms with Crippen LogP contribution in [-0.2, 0) is 11.3 Å². The summed E-state index contributed by atoms with van der Waals surface area (Å²) >= 11 is 8.02. The summed E-state index contributed by atoms with van der Waals surface area (Å²) in [6.07, 6.45) is 8.45. The van der Waals surface area contributed by atoms with E-state index in [1.165, 1.54) is 11.8 Å². The lowest BCUT2D eigenvalue weighted by atomic mass is 10.0. The molecule has 1 aliphatic rings. The van der Waals surface area contributed by atoms with Crippen LogP contribution in [0.15, 0.2) is 45.0 Å². The Morgan fingerprint density at radius 3 is 2.93 bits per heavy atom. The molecule has 29 heavy (non-hydrogen) atoms. The number of ether oxygens (including phenoxy) is 1. The van der Waals surface area contributed by atoms with E-state index in [2.05, 4.69) is 21.5 Å². The number of nitrogens with zero attached hydrogens (tertiary/aromatic N) is 3. The third kappa shape index (κ3) is 4.22. The molecule has 1 aromatic carbocycles. The van der Waals surface area contributed by atoms with Crippen LogP contribution in [0.4, 0.5) is 5.95 Å². The van der Waals surface area contributed by atoms with Crippen molar-refractivity contribution in [3.63, 3.8) is 0 Å². The molecular formula is C21H19ClN4O2S. The Morgan fingerprint density at radius 2 is 2.14 bits per heavy atom. The van der Waals surface area contributed by atoms with Gasteiger partial charge in [-0.1, -0.05) is 36.4 Å². The first-order valence-corrected chi connectivity index (χ1v) is 10.2. The fourth-order valence-electron chi connectivity index (χ4n) is 3.01. The summed E-state index contributed by atoms with van der Waals surface area (Å²) < 4.78 is 11.0. The average molecular weight is 427 g/mol. The molecule has 0 saturated heterocycles. The molecule has 2 bridgehead atoms. The molecule has 6 nitrogen and oxygen atoms in total. The third-order valence-corrected chi connectivity index (χ3v) is 5.78. The number of hydrogen-bond acceptors (Lipinski definition) is 7. The third-order valence-electron chi connectivity index (χ3n) is 4.48. The van der Waals surface area contributed by atoms with Gasteiger partial charge in [-0.3, -0.25) is 0 Å². The molecule has 2 N–H and O–H groups in total. The van der Waals surface area contributed by atoms with E-state index < -0.39 is 0 Å². The zero-order valence-electron chi connectivity index (χ0n) is 15.8. The van der Waals surface area contributed by atoms with Gasteiger partial charge in [0.2, 0.25) is 5.95 Å². The molecule has 0 amide bonds. The predicted octanol–water partition coefficient (Wildman–Crippen LogP) is 3.49. The summed E-state index contributed by atoms with van der Waals surface area (Å²) in [6, 6.07) is 3.72. The van der Waals surface area contributed by atoms with Gasteiger partial charge in [0.1, 0.15) is 5.76 Å². The molecule has 1 aliphatic heterocycles. The minimum Gasteiger partial charge on any atom is -0.468 e. The normalized spacial score (nSPS) is 16.1. The van der Waals surface area contributed by atoms with Gasteiger partial charge in [-0.2, -0.15) is 9.97 Å². The van der Waals surface area contributed by atoms with Gasteiger partial charge in [0.15, 0.2) is 11.0 Å². The van der Waals surface area contributed by atoms with E-state index in [9.17, 15) is 0 Å². The standard InChI is InChI=1S/C21H19ClN4O2S/c1-12-14-10-16(22)18(15(12)6-4-3-5-8-27-11-14)19-24-20(23)26-21(25-19)29-17-7-9-28-13(17)2/h3-4,6-7,9-10H,1,5,8,11H2,2H3,(H2,23,24,25,26)/b4-3-,15-6+. The second-order valence-corrected chi connectivity index (χ2v) is 7.88. The van der Waals surface area contributed by atoms with Crippen molar-refractivity contribution in [3.8, 4) is 11.4 Å². The van der Waals surface area contributed by atoms with Gasteiger partial charge >= 0.3 is 0 Å². The Kier molecular flexibility index (Phi) is 5.71. The van der Waals surface area contributed by atoms with Crippen LogP contribution in [0.2, 0.25) is 5.02 Å². The number of nitrogens with two attached hydrogens (primary N) is 1. The van der Waals surface area contributed by atoms with Crippen LogP contribution >= 0.6 is 23.4 Å². The maximum atomic E-state index is 6.66. The fraction of sp³-hybridized carbons (Fsp3) is 0.190. The summed E-state index contributed by atoms with van der Waals surface area (Å²) in [4.78, 5) is 14.1. The van der Waals surface area contributed by atoms with Crippen molar-refractivity contribution in [2.75, 3.05) is 12.3 Å². The first-order valence-electron chi connectivity index (χ1n) is 9.01. The van der Waals surface area contributed by atoms with Crippen molar-refractivity contribution in [1.82, 2.24) is 15.0 Å². The van der Waals surface area contributed by atoms with Crippen LogP contribution in [0, 0.1) is 6.92 Å². The van der Waals surface area contributed by atoms with Gasteiger partial charge in [0.25, 0.3) is 0 Å². The van der Waals surface area contributed by atoms with Crippen molar-refractivity contribution in [1.29, 1.82) is 0 Å². The van der Waals surface area contributed by atoms with Crippen LogP contribution in [0.5, 0.6) is 0 Å². The minimum atomic E-state index is 0.121. The maximum absolute atomic E-state index is 6.66. The van der Waals surface area contributed by atoms with Crippen LogP contribution in [0.25, 0.3) is 24.0 Å². The Balaban J connectivity index is 1.88. The highest BCUT2D eigenvalue weighted by atomic mass is 35.5. The van der Waals surface area contributed by atoms with Gasteiger partial charge in [0, 0.05) is 5.56 Å². The van der Waals surface area contributed by atoms with Gasteiger partial charge in [-0.05, 0) is 53.2 Å². The van der Waals surface area contributed by atoms with E-state index >= 15 is 0 Å². The van der Waals surface area contributed by atoms with E-state index in [-0.39, 0.29) is 5.95 Å². The molecule has 4 rings (SSSR count). The molecule has 0 fully saturated rings. The number of halogens is 1. The highest BCUT2D eigenvalue weighted by Gasteiger charge is 2.16. The second-order valence-electron chi connectivity index (χ2n) is 6.46. The molecule has 0 unspecified atom stereocenters. The van der Waals surface area contributed by atoms with Crippen molar-refractivity contribution in [2.24, 2.45) is 0 Å². The van der Waals surface area contributed by atoms with Gasteiger partial charge in [-0.25, -0.2) is 4.98 Å². The predicted molar refractivity (Wildman–Crippen MR) is 115 cm³/mol. The Labute approximate surface area is 177 Å². The number of hydrogen-bond donors (Lipinski definition) is 1. The summed E-state index contributed by atoms with van der Waals surface area (Å²) in [5.41, 5.74) is 7.59. The zero-order chi connectivity index (χ0) is 20.4. The molecule has 3 heterocycles. The molecule has 0 atom stereocenters. The number of furan rings is 1. The van der Waals surface area contributed by atoms with Crippen LogP contribution in [0.3, 0.4) is 0 Å². The first kappa shape index (κ1) is 19.7. The largest absolute Gasteiger partial charge is 0.468 e.